The summed E-state index contributed by atoms with van der Waals surface area (Å²) in [6.45, 7) is 11.9. The van der Waals surface area contributed by atoms with Crippen LogP contribution in [-0.2, 0) is 4.79 Å². The predicted molar refractivity (Wildman–Crippen MR) is 65.1 cm³/mol. The van der Waals surface area contributed by atoms with Gasteiger partial charge in [0.25, 0.3) is 0 Å². The molecular formula is C13H22N2O. The van der Waals surface area contributed by atoms with Crippen molar-refractivity contribution in [2.45, 2.75) is 26.3 Å². The first-order valence-electron chi connectivity index (χ1n) is 6.31. The summed E-state index contributed by atoms with van der Waals surface area (Å²) in [6, 6.07) is 0.617. The molecule has 2 aliphatic rings. The van der Waals surface area contributed by atoms with Crippen molar-refractivity contribution in [2.75, 3.05) is 26.2 Å². The lowest BCUT2D eigenvalue weighted by Gasteiger charge is -2.25. The minimum atomic E-state index is 0.258. The Labute approximate surface area is 98.1 Å². The molecule has 0 aromatic rings. The molecule has 1 amide bonds. The van der Waals surface area contributed by atoms with Crippen molar-refractivity contribution in [1.29, 1.82) is 0 Å². The highest BCUT2D eigenvalue weighted by molar-refractivity contribution is 5.82. The minimum absolute atomic E-state index is 0.258. The molecule has 2 saturated heterocycles. The minimum Gasteiger partial charge on any atom is -0.338 e. The van der Waals surface area contributed by atoms with Crippen LogP contribution >= 0.6 is 0 Å². The van der Waals surface area contributed by atoms with Crippen LogP contribution in [0.2, 0.25) is 0 Å². The fraction of sp³-hybridized carbons (Fsp3) is 0.769. The van der Waals surface area contributed by atoms with E-state index in [1.54, 1.807) is 0 Å². The SMILES string of the molecule is C=CCN1C[C@H]2CN(C(C)CC)C[C@H]2C1=O. The van der Waals surface area contributed by atoms with E-state index in [1.807, 2.05) is 11.0 Å². The van der Waals surface area contributed by atoms with Crippen molar-refractivity contribution in [3.05, 3.63) is 12.7 Å². The second-order valence-corrected chi connectivity index (χ2v) is 5.11. The van der Waals surface area contributed by atoms with Crippen LogP contribution in [0.5, 0.6) is 0 Å². The van der Waals surface area contributed by atoms with Gasteiger partial charge in [-0.3, -0.25) is 9.69 Å². The Balaban J connectivity index is 1.97. The molecule has 0 aromatic heterocycles. The van der Waals surface area contributed by atoms with Crippen molar-refractivity contribution in [3.8, 4) is 0 Å². The molecule has 2 heterocycles. The number of rotatable bonds is 4. The highest BCUT2D eigenvalue weighted by Gasteiger charge is 2.46. The first-order chi connectivity index (χ1) is 7.67. The molecule has 0 aliphatic carbocycles. The topological polar surface area (TPSA) is 23.6 Å². The third kappa shape index (κ3) is 1.88. The molecule has 2 rings (SSSR count). The van der Waals surface area contributed by atoms with Crippen molar-refractivity contribution in [3.63, 3.8) is 0 Å². The molecule has 2 aliphatic heterocycles. The van der Waals surface area contributed by atoms with Crippen LogP contribution in [0.15, 0.2) is 12.7 Å². The summed E-state index contributed by atoms with van der Waals surface area (Å²) < 4.78 is 0. The van der Waals surface area contributed by atoms with Gasteiger partial charge in [-0.15, -0.1) is 6.58 Å². The molecule has 0 N–H and O–H groups in total. The van der Waals surface area contributed by atoms with E-state index in [0.717, 1.165) is 26.2 Å². The third-order valence-corrected chi connectivity index (χ3v) is 4.12. The van der Waals surface area contributed by atoms with E-state index in [4.69, 9.17) is 0 Å². The Morgan fingerprint density at radius 2 is 2.25 bits per heavy atom. The van der Waals surface area contributed by atoms with Gasteiger partial charge in [-0.2, -0.15) is 0 Å². The van der Waals surface area contributed by atoms with Gasteiger partial charge in [-0.1, -0.05) is 13.0 Å². The van der Waals surface area contributed by atoms with Crippen molar-refractivity contribution in [1.82, 2.24) is 9.80 Å². The molecule has 0 radical (unpaired) electrons. The quantitative estimate of drug-likeness (QED) is 0.671. The maximum Gasteiger partial charge on any atom is 0.227 e. The summed E-state index contributed by atoms with van der Waals surface area (Å²) in [5, 5.41) is 0. The average molecular weight is 222 g/mol. The van der Waals surface area contributed by atoms with Crippen LogP contribution in [0.25, 0.3) is 0 Å². The maximum absolute atomic E-state index is 12.1. The van der Waals surface area contributed by atoms with E-state index >= 15 is 0 Å². The zero-order chi connectivity index (χ0) is 11.7. The molecule has 16 heavy (non-hydrogen) atoms. The molecule has 0 spiro atoms. The zero-order valence-electron chi connectivity index (χ0n) is 10.4. The largest absolute Gasteiger partial charge is 0.338 e. The van der Waals surface area contributed by atoms with E-state index in [1.165, 1.54) is 6.42 Å². The molecule has 2 fully saturated rings. The van der Waals surface area contributed by atoms with Crippen molar-refractivity contribution >= 4 is 5.91 Å². The number of fused-ring (bicyclic) bond motifs is 1. The Kier molecular flexibility index (Phi) is 3.33. The monoisotopic (exact) mass is 222 g/mol. The molecule has 3 nitrogen and oxygen atoms in total. The van der Waals surface area contributed by atoms with E-state index in [-0.39, 0.29) is 5.92 Å². The average Bonchev–Trinajstić information content (AvgIpc) is 2.80. The lowest BCUT2D eigenvalue weighted by molar-refractivity contribution is -0.130. The van der Waals surface area contributed by atoms with Crippen molar-refractivity contribution < 1.29 is 4.79 Å². The number of nitrogens with zero attached hydrogens (tertiary/aromatic N) is 2. The number of hydrogen-bond donors (Lipinski definition) is 0. The first-order valence-corrected chi connectivity index (χ1v) is 6.31. The van der Waals surface area contributed by atoms with Gasteiger partial charge >= 0.3 is 0 Å². The normalized spacial score (nSPS) is 31.9. The zero-order valence-corrected chi connectivity index (χ0v) is 10.4. The van der Waals surface area contributed by atoms with Crippen LogP contribution in [0.3, 0.4) is 0 Å². The lowest BCUT2D eigenvalue weighted by atomic mass is 10.0. The fourth-order valence-electron chi connectivity index (χ4n) is 2.92. The molecular weight excluding hydrogens is 200 g/mol. The molecule has 3 heteroatoms. The van der Waals surface area contributed by atoms with Gasteiger partial charge in [-0.05, 0) is 13.3 Å². The van der Waals surface area contributed by atoms with Crippen LogP contribution in [0.1, 0.15) is 20.3 Å². The van der Waals surface area contributed by atoms with Crippen LogP contribution < -0.4 is 0 Å². The number of hydrogen-bond acceptors (Lipinski definition) is 2. The molecule has 3 atom stereocenters. The van der Waals surface area contributed by atoms with E-state index in [9.17, 15) is 4.79 Å². The fourth-order valence-corrected chi connectivity index (χ4v) is 2.92. The van der Waals surface area contributed by atoms with Gasteiger partial charge in [0.1, 0.15) is 0 Å². The van der Waals surface area contributed by atoms with Gasteiger partial charge in [0.15, 0.2) is 0 Å². The third-order valence-electron chi connectivity index (χ3n) is 4.12. The van der Waals surface area contributed by atoms with Gasteiger partial charge < -0.3 is 4.90 Å². The Morgan fingerprint density at radius 1 is 1.50 bits per heavy atom. The summed E-state index contributed by atoms with van der Waals surface area (Å²) in [6.07, 6.45) is 3.00. The summed E-state index contributed by atoms with van der Waals surface area (Å²) in [5.41, 5.74) is 0. The van der Waals surface area contributed by atoms with Gasteiger partial charge in [-0.25, -0.2) is 0 Å². The highest BCUT2D eigenvalue weighted by Crippen LogP contribution is 2.33. The molecule has 0 aromatic carbocycles. The summed E-state index contributed by atoms with van der Waals surface area (Å²) in [5.74, 6) is 1.16. The van der Waals surface area contributed by atoms with E-state index in [2.05, 4.69) is 25.3 Å². The number of carbonyl (C=O) groups is 1. The number of carbonyl (C=O) groups excluding carboxylic acids is 1. The van der Waals surface area contributed by atoms with E-state index < -0.39 is 0 Å². The van der Waals surface area contributed by atoms with Gasteiger partial charge in [0.2, 0.25) is 5.91 Å². The maximum atomic E-state index is 12.1. The number of amides is 1. The summed E-state index contributed by atoms with van der Waals surface area (Å²) >= 11 is 0. The molecule has 0 bridgehead atoms. The highest BCUT2D eigenvalue weighted by atomic mass is 16.2. The molecule has 0 saturated carbocycles. The number of likely N-dealkylation sites (tertiary alicyclic amines) is 2. The van der Waals surface area contributed by atoms with Crippen molar-refractivity contribution in [2.24, 2.45) is 11.8 Å². The molecule has 90 valence electrons. The predicted octanol–water partition coefficient (Wildman–Crippen LogP) is 1.36. The van der Waals surface area contributed by atoms with Crippen LogP contribution in [0, 0.1) is 11.8 Å². The van der Waals surface area contributed by atoms with Gasteiger partial charge in [0.05, 0.1) is 5.92 Å². The molecule has 1 unspecified atom stereocenters. The Hall–Kier alpha value is -0.830. The smallest absolute Gasteiger partial charge is 0.227 e. The first kappa shape index (κ1) is 11.6. The lowest BCUT2D eigenvalue weighted by Crippen LogP contribution is -2.36. The second-order valence-electron chi connectivity index (χ2n) is 5.11. The Bertz CT molecular complexity index is 290. The van der Waals surface area contributed by atoms with E-state index in [0.29, 0.717) is 17.9 Å². The summed E-state index contributed by atoms with van der Waals surface area (Å²) in [7, 11) is 0. The standard InChI is InChI=1S/C13H22N2O/c1-4-6-14-7-11-8-15(10(3)5-2)9-12(11)13(14)16/h4,10-12H,1,5-9H2,2-3H3/t10?,11-,12+/m0/s1. The van der Waals surface area contributed by atoms with Gasteiger partial charge in [0, 0.05) is 38.1 Å². The Morgan fingerprint density at radius 3 is 2.81 bits per heavy atom. The van der Waals surface area contributed by atoms with Crippen LogP contribution in [0.4, 0.5) is 0 Å². The summed E-state index contributed by atoms with van der Waals surface area (Å²) in [4.78, 5) is 16.5. The van der Waals surface area contributed by atoms with Crippen LogP contribution in [-0.4, -0.2) is 47.9 Å². The second kappa shape index (κ2) is 4.58.